The fourth-order valence-corrected chi connectivity index (χ4v) is 5.44. The monoisotopic (exact) mass is 395 g/mol. The molecule has 0 aliphatic carbocycles. The standard InChI is InChI=1S/C23H22FNO2S/c1-16-7-10-19(11-8-16)28(26,27)25-14-13-18-15-17(2)9-12-20(18)23(25)21-5-3-4-6-22(21)24/h3-12,15,23H,13-14H2,1-2H3. The zero-order valence-electron chi connectivity index (χ0n) is 15.9. The molecule has 5 heteroatoms. The molecule has 0 aromatic heterocycles. The maximum absolute atomic E-state index is 14.7. The van der Waals surface area contributed by atoms with Crippen molar-refractivity contribution in [3.05, 3.63) is 100 Å². The van der Waals surface area contributed by atoms with Gasteiger partial charge in [-0.2, -0.15) is 4.31 Å². The highest BCUT2D eigenvalue weighted by molar-refractivity contribution is 7.89. The molecule has 0 bridgehead atoms. The summed E-state index contributed by atoms with van der Waals surface area (Å²) in [5.41, 5.74) is 4.40. The average Bonchev–Trinajstić information content (AvgIpc) is 2.67. The maximum atomic E-state index is 14.7. The third-order valence-corrected chi connectivity index (χ3v) is 7.19. The topological polar surface area (TPSA) is 37.4 Å². The van der Waals surface area contributed by atoms with Crippen LogP contribution in [0.5, 0.6) is 0 Å². The first-order valence-electron chi connectivity index (χ1n) is 9.30. The van der Waals surface area contributed by atoms with Gasteiger partial charge in [0.1, 0.15) is 5.82 Å². The van der Waals surface area contributed by atoms with E-state index in [-0.39, 0.29) is 4.90 Å². The summed E-state index contributed by atoms with van der Waals surface area (Å²) in [6, 6.07) is 18.5. The highest BCUT2D eigenvalue weighted by Crippen LogP contribution is 2.39. The van der Waals surface area contributed by atoms with Gasteiger partial charge in [0.05, 0.1) is 10.9 Å². The number of halogens is 1. The van der Waals surface area contributed by atoms with Crippen LogP contribution in [0.3, 0.4) is 0 Å². The number of fused-ring (bicyclic) bond motifs is 1. The molecule has 3 nitrogen and oxygen atoms in total. The zero-order valence-corrected chi connectivity index (χ0v) is 16.7. The Morgan fingerprint density at radius 2 is 1.57 bits per heavy atom. The fourth-order valence-electron chi connectivity index (χ4n) is 3.86. The first-order valence-corrected chi connectivity index (χ1v) is 10.7. The van der Waals surface area contributed by atoms with E-state index in [1.165, 1.54) is 10.4 Å². The Labute approximate surface area is 165 Å². The van der Waals surface area contributed by atoms with Crippen LogP contribution in [0, 0.1) is 19.7 Å². The Morgan fingerprint density at radius 1 is 0.893 bits per heavy atom. The van der Waals surface area contributed by atoms with Crippen molar-refractivity contribution in [3.8, 4) is 0 Å². The lowest BCUT2D eigenvalue weighted by Gasteiger charge is -2.37. The quantitative estimate of drug-likeness (QED) is 0.640. The lowest BCUT2D eigenvalue weighted by atomic mass is 9.88. The molecule has 1 aliphatic heterocycles. The van der Waals surface area contributed by atoms with Crippen molar-refractivity contribution in [1.29, 1.82) is 0 Å². The molecule has 3 aromatic carbocycles. The molecule has 0 spiro atoms. The van der Waals surface area contributed by atoms with Crippen LogP contribution in [-0.4, -0.2) is 19.3 Å². The molecule has 0 saturated carbocycles. The molecular formula is C23H22FNO2S. The van der Waals surface area contributed by atoms with Crippen LogP contribution in [0.1, 0.15) is 33.9 Å². The predicted octanol–water partition coefficient (Wildman–Crippen LogP) is 4.78. The van der Waals surface area contributed by atoms with E-state index < -0.39 is 21.9 Å². The first kappa shape index (κ1) is 18.8. The summed E-state index contributed by atoms with van der Waals surface area (Å²) in [5, 5.41) is 0. The number of nitrogens with zero attached hydrogens (tertiary/aromatic N) is 1. The van der Waals surface area contributed by atoms with Crippen LogP contribution in [0.4, 0.5) is 4.39 Å². The molecule has 3 aromatic rings. The lowest BCUT2D eigenvalue weighted by molar-refractivity contribution is 0.337. The van der Waals surface area contributed by atoms with E-state index in [4.69, 9.17) is 0 Å². The molecule has 1 heterocycles. The second kappa shape index (κ2) is 7.15. The summed E-state index contributed by atoms with van der Waals surface area (Å²) in [6.45, 7) is 4.23. The Balaban J connectivity index is 1.90. The summed E-state index contributed by atoms with van der Waals surface area (Å²) < 4.78 is 43.1. The number of hydrogen-bond donors (Lipinski definition) is 0. The molecule has 0 amide bonds. The van der Waals surface area contributed by atoms with E-state index in [0.29, 0.717) is 18.5 Å². The van der Waals surface area contributed by atoms with Gasteiger partial charge in [-0.3, -0.25) is 0 Å². The van der Waals surface area contributed by atoms with E-state index in [0.717, 1.165) is 22.3 Å². The van der Waals surface area contributed by atoms with Gasteiger partial charge in [-0.1, -0.05) is 59.7 Å². The van der Waals surface area contributed by atoms with Crippen LogP contribution < -0.4 is 0 Å². The number of benzene rings is 3. The fraction of sp³-hybridized carbons (Fsp3) is 0.217. The molecule has 144 valence electrons. The largest absolute Gasteiger partial charge is 0.243 e. The van der Waals surface area contributed by atoms with Gasteiger partial charge in [0.15, 0.2) is 0 Å². The summed E-state index contributed by atoms with van der Waals surface area (Å²) in [7, 11) is -3.78. The van der Waals surface area contributed by atoms with E-state index in [2.05, 4.69) is 6.07 Å². The van der Waals surface area contributed by atoms with Gasteiger partial charge in [0.25, 0.3) is 0 Å². The summed E-state index contributed by atoms with van der Waals surface area (Å²) in [5.74, 6) is -0.398. The van der Waals surface area contributed by atoms with Crippen LogP contribution in [0.25, 0.3) is 0 Å². The minimum absolute atomic E-state index is 0.231. The number of hydrogen-bond acceptors (Lipinski definition) is 2. The summed E-state index contributed by atoms with van der Waals surface area (Å²) in [6.07, 6.45) is 0.604. The van der Waals surface area contributed by atoms with Crippen molar-refractivity contribution in [2.24, 2.45) is 0 Å². The molecule has 1 unspecified atom stereocenters. The molecular weight excluding hydrogens is 373 g/mol. The van der Waals surface area contributed by atoms with Crippen molar-refractivity contribution in [2.75, 3.05) is 6.54 Å². The van der Waals surface area contributed by atoms with Gasteiger partial charge < -0.3 is 0 Å². The maximum Gasteiger partial charge on any atom is 0.243 e. The third-order valence-electron chi connectivity index (χ3n) is 5.31. The van der Waals surface area contributed by atoms with Crippen LogP contribution in [0.2, 0.25) is 0 Å². The van der Waals surface area contributed by atoms with Crippen LogP contribution in [0.15, 0.2) is 71.6 Å². The average molecular weight is 395 g/mol. The second-order valence-electron chi connectivity index (χ2n) is 7.31. The molecule has 4 rings (SSSR count). The van der Waals surface area contributed by atoms with Gasteiger partial charge in [-0.15, -0.1) is 0 Å². The number of sulfonamides is 1. The Morgan fingerprint density at radius 3 is 2.29 bits per heavy atom. The second-order valence-corrected chi connectivity index (χ2v) is 9.20. The van der Waals surface area contributed by atoms with Gasteiger partial charge in [-0.25, -0.2) is 12.8 Å². The summed E-state index contributed by atoms with van der Waals surface area (Å²) >= 11 is 0. The van der Waals surface area contributed by atoms with Gasteiger partial charge in [-0.05, 0) is 49.6 Å². The van der Waals surface area contributed by atoms with Crippen molar-refractivity contribution in [3.63, 3.8) is 0 Å². The van der Waals surface area contributed by atoms with Crippen LogP contribution in [-0.2, 0) is 16.4 Å². The van der Waals surface area contributed by atoms with Crippen LogP contribution >= 0.6 is 0 Å². The lowest BCUT2D eigenvalue weighted by Crippen LogP contribution is -2.41. The third kappa shape index (κ3) is 3.25. The highest BCUT2D eigenvalue weighted by Gasteiger charge is 2.38. The minimum atomic E-state index is -3.78. The predicted molar refractivity (Wildman–Crippen MR) is 108 cm³/mol. The van der Waals surface area contributed by atoms with Crippen molar-refractivity contribution in [2.45, 2.75) is 31.2 Å². The van der Waals surface area contributed by atoms with E-state index in [1.807, 2.05) is 26.0 Å². The Hall–Kier alpha value is -2.50. The van der Waals surface area contributed by atoms with Gasteiger partial charge >= 0.3 is 0 Å². The van der Waals surface area contributed by atoms with Crippen molar-refractivity contribution < 1.29 is 12.8 Å². The SMILES string of the molecule is Cc1ccc(S(=O)(=O)N2CCc3cc(C)ccc3C2c2ccccc2F)cc1. The van der Waals surface area contributed by atoms with E-state index in [9.17, 15) is 12.8 Å². The number of aryl methyl sites for hydroxylation is 2. The molecule has 1 aliphatic rings. The first-order chi connectivity index (χ1) is 13.4. The molecule has 1 atom stereocenters. The molecule has 28 heavy (non-hydrogen) atoms. The van der Waals surface area contributed by atoms with Gasteiger partial charge in [0, 0.05) is 12.1 Å². The van der Waals surface area contributed by atoms with Crippen molar-refractivity contribution >= 4 is 10.0 Å². The molecule has 0 radical (unpaired) electrons. The molecule has 0 saturated heterocycles. The normalized spacial score (nSPS) is 17.3. The molecule has 0 fully saturated rings. The van der Waals surface area contributed by atoms with Crippen molar-refractivity contribution in [1.82, 2.24) is 4.31 Å². The summed E-state index contributed by atoms with van der Waals surface area (Å²) in [4.78, 5) is 0.231. The van der Waals surface area contributed by atoms with E-state index >= 15 is 0 Å². The van der Waals surface area contributed by atoms with Gasteiger partial charge in [0.2, 0.25) is 10.0 Å². The Kier molecular flexibility index (Phi) is 4.81. The van der Waals surface area contributed by atoms with E-state index in [1.54, 1.807) is 42.5 Å². The minimum Gasteiger partial charge on any atom is -0.207 e. The number of rotatable bonds is 3. The molecule has 0 N–H and O–H groups in total. The smallest absolute Gasteiger partial charge is 0.207 e. The zero-order chi connectivity index (χ0) is 19.9. The highest BCUT2D eigenvalue weighted by atomic mass is 32.2. The Bertz CT molecular complexity index is 1120.